The lowest BCUT2D eigenvalue weighted by Gasteiger charge is -2.42. The number of aliphatic hydroxyl groups excluding tert-OH is 1. The van der Waals surface area contributed by atoms with Crippen molar-refractivity contribution in [1.29, 1.82) is 0 Å². The highest BCUT2D eigenvalue weighted by molar-refractivity contribution is 6.31. The van der Waals surface area contributed by atoms with E-state index in [1.807, 2.05) is 0 Å². The molecule has 0 aliphatic carbocycles. The van der Waals surface area contributed by atoms with E-state index in [0.717, 1.165) is 32.6 Å². The topological polar surface area (TPSA) is 26.7 Å². The third kappa shape index (κ3) is 4.66. The maximum atomic E-state index is 13.9. The van der Waals surface area contributed by atoms with Crippen molar-refractivity contribution < 1.29 is 9.50 Å². The zero-order valence-electron chi connectivity index (χ0n) is 13.4. The summed E-state index contributed by atoms with van der Waals surface area (Å²) in [7, 11) is 0. The van der Waals surface area contributed by atoms with Crippen LogP contribution in [-0.2, 0) is 6.54 Å². The van der Waals surface area contributed by atoms with Crippen molar-refractivity contribution in [2.75, 3.05) is 32.8 Å². The third-order valence-electron chi connectivity index (χ3n) is 4.19. The van der Waals surface area contributed by atoms with Gasteiger partial charge in [-0.05, 0) is 24.5 Å². The highest BCUT2D eigenvalue weighted by Gasteiger charge is 2.27. The smallest absolute Gasteiger partial charge is 0.129 e. The first-order valence-corrected chi connectivity index (χ1v) is 8.39. The van der Waals surface area contributed by atoms with Crippen LogP contribution in [0.1, 0.15) is 25.8 Å². The Balaban J connectivity index is 2.02. The molecule has 1 heterocycles. The van der Waals surface area contributed by atoms with Gasteiger partial charge in [-0.3, -0.25) is 9.80 Å². The number of aliphatic hydroxyl groups is 1. The number of benzene rings is 1. The van der Waals surface area contributed by atoms with Gasteiger partial charge < -0.3 is 5.11 Å². The normalized spacial score (nSPS) is 20.7. The summed E-state index contributed by atoms with van der Waals surface area (Å²) in [6.07, 6.45) is 0.758. The number of halogens is 2. The lowest BCUT2D eigenvalue weighted by atomic mass is 10.1. The van der Waals surface area contributed by atoms with Crippen LogP contribution >= 0.6 is 11.6 Å². The van der Waals surface area contributed by atoms with Crippen LogP contribution < -0.4 is 0 Å². The maximum absolute atomic E-state index is 13.9. The highest BCUT2D eigenvalue weighted by atomic mass is 35.5. The zero-order chi connectivity index (χ0) is 16.1. The van der Waals surface area contributed by atoms with Crippen LogP contribution in [0.2, 0.25) is 5.02 Å². The fourth-order valence-corrected chi connectivity index (χ4v) is 3.36. The van der Waals surface area contributed by atoms with Crippen LogP contribution in [0.4, 0.5) is 4.39 Å². The van der Waals surface area contributed by atoms with Gasteiger partial charge in [-0.25, -0.2) is 4.39 Å². The molecule has 1 fully saturated rings. The predicted octanol–water partition coefficient (Wildman–Crippen LogP) is 3.00. The zero-order valence-corrected chi connectivity index (χ0v) is 14.2. The Kier molecular flexibility index (Phi) is 6.63. The second kappa shape index (κ2) is 8.25. The Morgan fingerprint density at radius 3 is 2.77 bits per heavy atom. The van der Waals surface area contributed by atoms with E-state index in [0.29, 0.717) is 29.1 Å². The second-order valence-corrected chi connectivity index (χ2v) is 6.90. The van der Waals surface area contributed by atoms with E-state index in [-0.39, 0.29) is 12.4 Å². The van der Waals surface area contributed by atoms with Gasteiger partial charge in [-0.15, -0.1) is 0 Å². The first-order chi connectivity index (χ1) is 10.5. The molecule has 2 rings (SSSR count). The molecule has 0 amide bonds. The minimum Gasteiger partial charge on any atom is -0.396 e. The van der Waals surface area contributed by atoms with Gasteiger partial charge in [-0.1, -0.05) is 31.5 Å². The van der Waals surface area contributed by atoms with Crippen LogP contribution in [0, 0.1) is 11.7 Å². The Labute approximate surface area is 137 Å². The molecule has 1 atom stereocenters. The summed E-state index contributed by atoms with van der Waals surface area (Å²) in [6.45, 7) is 8.88. The van der Waals surface area contributed by atoms with E-state index in [9.17, 15) is 9.50 Å². The molecule has 0 bridgehead atoms. The molecule has 1 aliphatic rings. The third-order valence-corrected chi connectivity index (χ3v) is 4.55. The quantitative estimate of drug-likeness (QED) is 0.869. The second-order valence-electron chi connectivity index (χ2n) is 6.49. The van der Waals surface area contributed by atoms with Gasteiger partial charge >= 0.3 is 0 Å². The van der Waals surface area contributed by atoms with E-state index < -0.39 is 0 Å². The summed E-state index contributed by atoms with van der Waals surface area (Å²) >= 11 is 6.13. The minimum absolute atomic E-state index is 0.188. The van der Waals surface area contributed by atoms with Gasteiger partial charge in [0.25, 0.3) is 0 Å². The number of nitrogens with zero attached hydrogens (tertiary/aromatic N) is 2. The van der Waals surface area contributed by atoms with Gasteiger partial charge in [0.2, 0.25) is 0 Å². The number of hydrogen-bond donors (Lipinski definition) is 1. The molecule has 0 saturated carbocycles. The Morgan fingerprint density at radius 1 is 1.36 bits per heavy atom. The van der Waals surface area contributed by atoms with Gasteiger partial charge in [-0.2, -0.15) is 0 Å². The summed E-state index contributed by atoms with van der Waals surface area (Å²) in [5.74, 6) is 0.365. The summed E-state index contributed by atoms with van der Waals surface area (Å²) in [4.78, 5) is 4.68. The first-order valence-electron chi connectivity index (χ1n) is 8.01. The van der Waals surface area contributed by atoms with Crippen LogP contribution in [0.5, 0.6) is 0 Å². The van der Waals surface area contributed by atoms with E-state index >= 15 is 0 Å². The minimum atomic E-state index is -0.240. The largest absolute Gasteiger partial charge is 0.396 e. The SMILES string of the molecule is CC(C)CN1CCN(Cc2c(F)cccc2Cl)C[C@@H]1CCO. The monoisotopic (exact) mass is 328 g/mol. The fourth-order valence-electron chi connectivity index (χ4n) is 3.14. The molecular weight excluding hydrogens is 303 g/mol. The van der Waals surface area contributed by atoms with Crippen LogP contribution in [0.25, 0.3) is 0 Å². The van der Waals surface area contributed by atoms with Crippen molar-refractivity contribution in [3.05, 3.63) is 34.6 Å². The molecule has 1 saturated heterocycles. The molecule has 0 spiro atoms. The lowest BCUT2D eigenvalue weighted by molar-refractivity contribution is 0.0472. The Morgan fingerprint density at radius 2 is 2.14 bits per heavy atom. The number of piperazine rings is 1. The standard InChI is InChI=1S/C17H26ClFN2O/c1-13(2)10-21-8-7-20(11-14(21)6-9-22)12-15-16(18)4-3-5-17(15)19/h3-5,13-14,22H,6-12H2,1-2H3/t14-/m0/s1. The summed E-state index contributed by atoms with van der Waals surface area (Å²) in [5, 5.41) is 9.80. The van der Waals surface area contributed by atoms with Gasteiger partial charge in [0.15, 0.2) is 0 Å². The first kappa shape index (κ1) is 17.7. The molecule has 1 aromatic carbocycles. The molecule has 0 radical (unpaired) electrons. The molecule has 124 valence electrons. The molecule has 1 N–H and O–H groups in total. The van der Waals surface area contributed by atoms with E-state index in [1.54, 1.807) is 12.1 Å². The predicted molar refractivity (Wildman–Crippen MR) is 88.6 cm³/mol. The molecule has 0 aromatic heterocycles. The molecule has 22 heavy (non-hydrogen) atoms. The summed E-state index contributed by atoms with van der Waals surface area (Å²) in [5.41, 5.74) is 0.573. The fraction of sp³-hybridized carbons (Fsp3) is 0.647. The summed E-state index contributed by atoms with van der Waals surface area (Å²) < 4.78 is 13.9. The molecular formula is C17H26ClFN2O. The Bertz CT molecular complexity index is 463. The van der Waals surface area contributed by atoms with Crippen LogP contribution in [0.15, 0.2) is 18.2 Å². The van der Waals surface area contributed by atoms with Crippen molar-refractivity contribution in [2.45, 2.75) is 32.9 Å². The average molecular weight is 329 g/mol. The number of rotatable bonds is 6. The molecule has 0 unspecified atom stereocenters. The maximum Gasteiger partial charge on any atom is 0.129 e. The highest BCUT2D eigenvalue weighted by Crippen LogP contribution is 2.23. The van der Waals surface area contributed by atoms with Crippen LogP contribution in [-0.4, -0.2) is 53.7 Å². The van der Waals surface area contributed by atoms with Crippen LogP contribution in [0.3, 0.4) is 0 Å². The van der Waals surface area contributed by atoms with E-state index in [4.69, 9.17) is 11.6 Å². The van der Waals surface area contributed by atoms with Gasteiger partial charge in [0.05, 0.1) is 0 Å². The van der Waals surface area contributed by atoms with E-state index in [1.165, 1.54) is 6.07 Å². The van der Waals surface area contributed by atoms with Crippen molar-refractivity contribution in [3.63, 3.8) is 0 Å². The van der Waals surface area contributed by atoms with E-state index in [2.05, 4.69) is 23.6 Å². The van der Waals surface area contributed by atoms with Crippen molar-refractivity contribution in [1.82, 2.24) is 9.80 Å². The van der Waals surface area contributed by atoms with Crippen molar-refractivity contribution >= 4 is 11.6 Å². The molecule has 5 heteroatoms. The molecule has 1 aromatic rings. The van der Waals surface area contributed by atoms with Crippen molar-refractivity contribution in [2.24, 2.45) is 5.92 Å². The average Bonchev–Trinajstić information content (AvgIpc) is 2.45. The lowest BCUT2D eigenvalue weighted by Crippen LogP contribution is -2.53. The van der Waals surface area contributed by atoms with Gasteiger partial charge in [0, 0.05) is 56.0 Å². The van der Waals surface area contributed by atoms with Gasteiger partial charge in [0.1, 0.15) is 5.82 Å². The summed E-state index contributed by atoms with van der Waals surface area (Å²) in [6, 6.07) is 5.16. The molecule has 1 aliphatic heterocycles. The number of hydrogen-bond acceptors (Lipinski definition) is 3. The van der Waals surface area contributed by atoms with Crippen molar-refractivity contribution in [3.8, 4) is 0 Å². The molecule has 3 nitrogen and oxygen atoms in total. The Hall–Kier alpha value is -0.680.